The van der Waals surface area contributed by atoms with Gasteiger partial charge >= 0.3 is 0 Å². The van der Waals surface area contributed by atoms with E-state index in [4.69, 9.17) is 9.84 Å². The summed E-state index contributed by atoms with van der Waals surface area (Å²) in [7, 11) is 0. The quantitative estimate of drug-likeness (QED) is 0.865. The molecule has 2 aromatic rings. The van der Waals surface area contributed by atoms with Crippen LogP contribution in [0.4, 0.5) is 4.39 Å². The Hall–Kier alpha value is -2.21. The molecule has 0 aliphatic rings. The number of nitrogens with zero attached hydrogens (tertiary/aromatic N) is 1. The van der Waals surface area contributed by atoms with Crippen LogP contribution in [0.5, 0.6) is 5.75 Å². The summed E-state index contributed by atoms with van der Waals surface area (Å²) in [4.78, 5) is 18.6. The van der Waals surface area contributed by atoms with E-state index < -0.39 is 0 Å². The normalized spacial score (nSPS) is 10.6. The van der Waals surface area contributed by atoms with Gasteiger partial charge in [-0.25, -0.2) is 9.37 Å². The van der Waals surface area contributed by atoms with Crippen LogP contribution in [0.1, 0.15) is 17.1 Å². The number of aryl methyl sites for hydroxylation is 1. The molecule has 0 bridgehead atoms. The average Bonchev–Trinajstić information content (AvgIpc) is 2.42. The zero-order valence-corrected chi connectivity index (χ0v) is 11.0. The molecular weight excluding hydrogens is 263 g/mol. The van der Waals surface area contributed by atoms with Crippen LogP contribution < -0.4 is 10.3 Å². The molecule has 0 atom stereocenters. The number of aromatic nitrogens is 2. The number of ether oxygens (including phenoxy) is 1. The molecule has 0 amide bonds. The zero-order chi connectivity index (χ0) is 14.5. The monoisotopic (exact) mass is 278 g/mol. The van der Waals surface area contributed by atoms with Crippen LogP contribution in [-0.4, -0.2) is 21.7 Å². The molecule has 0 unspecified atom stereocenters. The van der Waals surface area contributed by atoms with E-state index in [1.807, 2.05) is 0 Å². The molecule has 0 aliphatic carbocycles. The highest BCUT2D eigenvalue weighted by Gasteiger charge is 2.08. The van der Waals surface area contributed by atoms with Crippen molar-refractivity contribution in [3.8, 4) is 5.75 Å². The van der Waals surface area contributed by atoms with Crippen LogP contribution in [0.3, 0.4) is 0 Å². The van der Waals surface area contributed by atoms with Crippen LogP contribution in [-0.2, 0) is 13.0 Å². The topological polar surface area (TPSA) is 75.2 Å². The van der Waals surface area contributed by atoms with Crippen molar-refractivity contribution in [3.63, 3.8) is 0 Å². The first-order valence-corrected chi connectivity index (χ1v) is 6.18. The Bertz CT molecular complexity index is 638. The van der Waals surface area contributed by atoms with E-state index in [2.05, 4.69) is 9.97 Å². The Morgan fingerprint density at radius 2 is 2.05 bits per heavy atom. The van der Waals surface area contributed by atoms with Crippen molar-refractivity contribution in [2.75, 3.05) is 6.61 Å². The van der Waals surface area contributed by atoms with Crippen molar-refractivity contribution in [1.29, 1.82) is 0 Å². The van der Waals surface area contributed by atoms with E-state index in [-0.39, 0.29) is 31.0 Å². The number of H-pyrrole nitrogens is 1. The minimum Gasteiger partial charge on any atom is -0.486 e. The molecule has 0 saturated carbocycles. The van der Waals surface area contributed by atoms with Gasteiger partial charge in [0.2, 0.25) is 0 Å². The van der Waals surface area contributed by atoms with E-state index >= 15 is 0 Å². The van der Waals surface area contributed by atoms with Crippen molar-refractivity contribution in [3.05, 3.63) is 57.5 Å². The smallest absolute Gasteiger partial charge is 0.254 e. The fraction of sp³-hybridized carbons (Fsp3) is 0.286. The van der Waals surface area contributed by atoms with Gasteiger partial charge in [-0.3, -0.25) is 4.79 Å². The van der Waals surface area contributed by atoms with Crippen molar-refractivity contribution < 1.29 is 14.2 Å². The van der Waals surface area contributed by atoms with E-state index in [0.717, 1.165) is 0 Å². The predicted molar refractivity (Wildman–Crippen MR) is 71.1 cm³/mol. The van der Waals surface area contributed by atoms with Gasteiger partial charge in [-0.2, -0.15) is 0 Å². The van der Waals surface area contributed by atoms with Gasteiger partial charge in [0.25, 0.3) is 5.56 Å². The summed E-state index contributed by atoms with van der Waals surface area (Å²) in [6, 6.07) is 5.59. The summed E-state index contributed by atoms with van der Waals surface area (Å²) in [5, 5.41) is 8.88. The zero-order valence-electron chi connectivity index (χ0n) is 11.0. The Labute approximate surface area is 115 Å². The van der Waals surface area contributed by atoms with E-state index in [1.54, 1.807) is 6.92 Å². The minimum atomic E-state index is -0.340. The molecule has 0 radical (unpaired) electrons. The van der Waals surface area contributed by atoms with Crippen molar-refractivity contribution >= 4 is 0 Å². The second-order valence-corrected chi connectivity index (χ2v) is 4.29. The molecule has 5 nitrogen and oxygen atoms in total. The standard InChI is InChI=1S/C14H15FN2O3/c1-9-12(6-7-18)14(19)17-13(16-9)8-20-11-4-2-10(15)3-5-11/h2-5,18H,6-8H2,1H3,(H,16,17,19). The lowest BCUT2D eigenvalue weighted by Gasteiger charge is -2.08. The van der Waals surface area contributed by atoms with Crippen molar-refractivity contribution in [1.82, 2.24) is 9.97 Å². The third-order valence-corrected chi connectivity index (χ3v) is 2.82. The number of nitrogens with one attached hydrogen (secondary N) is 1. The molecule has 20 heavy (non-hydrogen) atoms. The van der Waals surface area contributed by atoms with Crippen LogP contribution in [0, 0.1) is 12.7 Å². The number of aromatic amines is 1. The Balaban J connectivity index is 2.10. The van der Waals surface area contributed by atoms with Gasteiger partial charge in [0.15, 0.2) is 0 Å². The average molecular weight is 278 g/mol. The predicted octanol–water partition coefficient (Wildman–Crippen LogP) is 1.33. The highest BCUT2D eigenvalue weighted by atomic mass is 19.1. The molecule has 0 saturated heterocycles. The summed E-state index contributed by atoms with van der Waals surface area (Å²) >= 11 is 0. The maximum absolute atomic E-state index is 12.7. The van der Waals surface area contributed by atoms with Gasteiger partial charge in [-0.1, -0.05) is 0 Å². The minimum absolute atomic E-state index is 0.0844. The number of aliphatic hydroxyl groups excluding tert-OH is 1. The molecule has 1 heterocycles. The third kappa shape index (κ3) is 3.42. The molecule has 1 aromatic carbocycles. The maximum atomic E-state index is 12.7. The fourth-order valence-electron chi connectivity index (χ4n) is 1.83. The summed E-state index contributed by atoms with van der Waals surface area (Å²) in [6.45, 7) is 1.69. The van der Waals surface area contributed by atoms with Gasteiger partial charge in [-0.15, -0.1) is 0 Å². The lowest BCUT2D eigenvalue weighted by atomic mass is 10.2. The molecule has 1 aromatic heterocycles. The highest BCUT2D eigenvalue weighted by Crippen LogP contribution is 2.12. The van der Waals surface area contributed by atoms with Gasteiger partial charge in [-0.05, 0) is 31.2 Å². The lowest BCUT2D eigenvalue weighted by Crippen LogP contribution is -2.20. The molecule has 0 spiro atoms. The molecule has 0 fully saturated rings. The first-order chi connectivity index (χ1) is 9.60. The summed E-state index contributed by atoms with van der Waals surface area (Å²) in [6.07, 6.45) is 0.271. The van der Waals surface area contributed by atoms with E-state index in [0.29, 0.717) is 22.8 Å². The number of halogens is 1. The Kier molecular flexibility index (Phi) is 4.47. The largest absolute Gasteiger partial charge is 0.486 e. The summed E-state index contributed by atoms with van der Waals surface area (Å²) in [5.74, 6) is 0.540. The second kappa shape index (κ2) is 6.29. The molecule has 2 rings (SSSR count). The molecule has 0 aliphatic heterocycles. The molecule has 2 N–H and O–H groups in total. The second-order valence-electron chi connectivity index (χ2n) is 4.29. The van der Waals surface area contributed by atoms with Gasteiger partial charge in [0.05, 0.1) is 0 Å². The fourth-order valence-corrected chi connectivity index (χ4v) is 1.83. The number of aliphatic hydroxyl groups is 1. The third-order valence-electron chi connectivity index (χ3n) is 2.82. The van der Waals surface area contributed by atoms with Crippen LogP contribution in [0.2, 0.25) is 0 Å². The SMILES string of the molecule is Cc1nc(COc2ccc(F)cc2)[nH]c(=O)c1CCO. The van der Waals surface area contributed by atoms with Crippen LogP contribution in [0.15, 0.2) is 29.1 Å². The van der Waals surface area contributed by atoms with E-state index in [1.165, 1.54) is 24.3 Å². The Morgan fingerprint density at radius 1 is 1.35 bits per heavy atom. The first kappa shape index (κ1) is 14.2. The van der Waals surface area contributed by atoms with Crippen LogP contribution in [0.25, 0.3) is 0 Å². The highest BCUT2D eigenvalue weighted by molar-refractivity contribution is 5.22. The maximum Gasteiger partial charge on any atom is 0.254 e. The molecular formula is C14H15FN2O3. The van der Waals surface area contributed by atoms with Gasteiger partial charge in [0.1, 0.15) is 24.0 Å². The molecule has 6 heteroatoms. The molecule has 106 valence electrons. The van der Waals surface area contributed by atoms with Gasteiger partial charge < -0.3 is 14.8 Å². The van der Waals surface area contributed by atoms with Crippen molar-refractivity contribution in [2.24, 2.45) is 0 Å². The van der Waals surface area contributed by atoms with Crippen molar-refractivity contribution in [2.45, 2.75) is 20.0 Å². The Morgan fingerprint density at radius 3 is 2.65 bits per heavy atom. The summed E-state index contributed by atoms with van der Waals surface area (Å²) in [5.41, 5.74) is 0.766. The van der Waals surface area contributed by atoms with Crippen LogP contribution >= 0.6 is 0 Å². The van der Waals surface area contributed by atoms with Gasteiger partial charge in [0, 0.05) is 24.3 Å². The lowest BCUT2D eigenvalue weighted by molar-refractivity contribution is 0.292. The van der Waals surface area contributed by atoms with E-state index in [9.17, 15) is 9.18 Å². The number of hydrogen-bond acceptors (Lipinski definition) is 4. The number of rotatable bonds is 5. The number of benzene rings is 1. The first-order valence-electron chi connectivity index (χ1n) is 6.18. The number of hydrogen-bond donors (Lipinski definition) is 2. The summed E-state index contributed by atoms with van der Waals surface area (Å²) < 4.78 is 18.1.